The Kier molecular flexibility index (Phi) is 4.77. The third-order valence-corrected chi connectivity index (χ3v) is 4.67. The largest absolute Gasteiger partial charge is 0.330 e. The van der Waals surface area contributed by atoms with E-state index in [1.165, 1.54) is 23.1 Å². The minimum absolute atomic E-state index is 0.0666. The topological polar surface area (TPSA) is 45.7 Å². The molecule has 0 radical (unpaired) electrons. The predicted octanol–water partition coefficient (Wildman–Crippen LogP) is 2.96. The minimum Gasteiger partial charge on any atom is -0.330 e. The van der Waals surface area contributed by atoms with Crippen molar-refractivity contribution in [2.45, 2.75) is 45.2 Å². The maximum absolute atomic E-state index is 12.4. The van der Waals surface area contributed by atoms with Gasteiger partial charge in [-0.3, -0.25) is 4.79 Å². The molecule has 0 spiro atoms. The molecular formula is C20H25N2O+. The Morgan fingerprint density at radius 2 is 1.91 bits per heavy atom. The molecule has 0 aliphatic heterocycles. The number of fused-ring (bicyclic) bond motifs is 1. The first-order valence-corrected chi connectivity index (χ1v) is 8.44. The number of aryl methyl sites for hydroxylation is 2. The van der Waals surface area contributed by atoms with Crippen LogP contribution in [-0.4, -0.2) is 11.9 Å². The Hall–Kier alpha value is -2.13. The van der Waals surface area contributed by atoms with E-state index in [4.69, 9.17) is 0 Å². The molecule has 0 saturated carbocycles. The van der Waals surface area contributed by atoms with Crippen molar-refractivity contribution in [1.82, 2.24) is 0 Å². The Labute approximate surface area is 138 Å². The number of anilines is 1. The summed E-state index contributed by atoms with van der Waals surface area (Å²) in [6.45, 7) is 4.03. The lowest BCUT2D eigenvalue weighted by atomic mass is 9.87. The summed E-state index contributed by atoms with van der Waals surface area (Å²) < 4.78 is 0. The molecule has 120 valence electrons. The van der Waals surface area contributed by atoms with E-state index >= 15 is 0 Å². The van der Waals surface area contributed by atoms with Crippen molar-refractivity contribution in [2.24, 2.45) is 0 Å². The van der Waals surface area contributed by atoms with Gasteiger partial charge in [0.1, 0.15) is 6.04 Å². The van der Waals surface area contributed by atoms with Gasteiger partial charge in [-0.1, -0.05) is 42.0 Å². The minimum atomic E-state index is -0.104. The SMILES string of the molecule is Cc1ccc(NC(=O)[C@H](C)[NH2+][C@@H]2CCCc3ccccc32)cc1. The Balaban J connectivity index is 1.64. The van der Waals surface area contributed by atoms with Crippen LogP contribution in [0.4, 0.5) is 5.69 Å². The van der Waals surface area contributed by atoms with Crippen molar-refractivity contribution in [2.75, 3.05) is 5.32 Å². The van der Waals surface area contributed by atoms with Crippen LogP contribution in [0.1, 0.15) is 42.5 Å². The Bertz CT molecular complexity index is 678. The molecule has 3 N–H and O–H groups in total. The van der Waals surface area contributed by atoms with Gasteiger partial charge >= 0.3 is 0 Å². The van der Waals surface area contributed by atoms with E-state index in [0.717, 1.165) is 18.5 Å². The molecule has 3 heteroatoms. The van der Waals surface area contributed by atoms with E-state index in [9.17, 15) is 4.79 Å². The number of quaternary nitrogens is 1. The van der Waals surface area contributed by atoms with Gasteiger partial charge < -0.3 is 10.6 Å². The summed E-state index contributed by atoms with van der Waals surface area (Å²) in [6, 6.07) is 16.9. The third kappa shape index (κ3) is 3.80. The molecule has 0 heterocycles. The molecule has 0 fully saturated rings. The molecule has 3 rings (SSSR count). The summed E-state index contributed by atoms with van der Waals surface area (Å²) in [7, 11) is 0. The first-order chi connectivity index (χ1) is 11.1. The van der Waals surface area contributed by atoms with Gasteiger partial charge in [-0.2, -0.15) is 0 Å². The third-order valence-electron chi connectivity index (χ3n) is 4.67. The van der Waals surface area contributed by atoms with Crippen LogP contribution >= 0.6 is 0 Å². The van der Waals surface area contributed by atoms with Crippen LogP contribution in [-0.2, 0) is 11.2 Å². The zero-order valence-electron chi connectivity index (χ0n) is 13.9. The van der Waals surface area contributed by atoms with Crippen LogP contribution in [0, 0.1) is 6.92 Å². The molecule has 1 aliphatic carbocycles. The van der Waals surface area contributed by atoms with Crippen molar-refractivity contribution in [3.8, 4) is 0 Å². The molecule has 0 bridgehead atoms. The summed E-state index contributed by atoms with van der Waals surface area (Å²) >= 11 is 0. The van der Waals surface area contributed by atoms with E-state index < -0.39 is 0 Å². The van der Waals surface area contributed by atoms with Crippen molar-refractivity contribution < 1.29 is 10.1 Å². The normalized spacial score (nSPS) is 18.1. The van der Waals surface area contributed by atoms with E-state index in [0.29, 0.717) is 6.04 Å². The average Bonchev–Trinajstić information content (AvgIpc) is 2.57. The number of benzene rings is 2. The molecule has 0 aromatic heterocycles. The number of rotatable bonds is 4. The summed E-state index contributed by atoms with van der Waals surface area (Å²) in [4.78, 5) is 12.4. The molecule has 1 aliphatic rings. The van der Waals surface area contributed by atoms with Crippen LogP contribution in [0.3, 0.4) is 0 Å². The van der Waals surface area contributed by atoms with Crippen molar-refractivity contribution in [3.05, 3.63) is 65.2 Å². The van der Waals surface area contributed by atoms with E-state index in [1.807, 2.05) is 38.1 Å². The van der Waals surface area contributed by atoms with Gasteiger partial charge in [-0.25, -0.2) is 0 Å². The Morgan fingerprint density at radius 3 is 2.70 bits per heavy atom. The van der Waals surface area contributed by atoms with Crippen molar-refractivity contribution >= 4 is 11.6 Å². The second-order valence-corrected chi connectivity index (χ2v) is 6.53. The van der Waals surface area contributed by atoms with E-state index in [2.05, 4.69) is 34.9 Å². The van der Waals surface area contributed by atoms with Gasteiger partial charge in [0, 0.05) is 17.7 Å². The Morgan fingerprint density at radius 1 is 1.17 bits per heavy atom. The standard InChI is InChI=1S/C20H24N2O/c1-14-10-12-17(13-11-14)22-20(23)15(2)21-19-9-5-7-16-6-3-4-8-18(16)19/h3-4,6,8,10-13,15,19,21H,5,7,9H2,1-2H3,(H,22,23)/p+1/t15-,19+/m0/s1. The van der Waals surface area contributed by atoms with Crippen molar-refractivity contribution in [1.29, 1.82) is 0 Å². The summed E-state index contributed by atoms with van der Waals surface area (Å²) in [5.74, 6) is 0.0666. The summed E-state index contributed by atoms with van der Waals surface area (Å²) in [5, 5.41) is 5.22. The highest BCUT2D eigenvalue weighted by molar-refractivity contribution is 5.93. The highest BCUT2D eigenvalue weighted by atomic mass is 16.2. The number of carbonyl (C=O) groups excluding carboxylic acids is 1. The van der Waals surface area contributed by atoms with Crippen molar-refractivity contribution in [3.63, 3.8) is 0 Å². The molecule has 3 nitrogen and oxygen atoms in total. The van der Waals surface area contributed by atoms with Crippen LogP contribution in [0.25, 0.3) is 0 Å². The predicted molar refractivity (Wildman–Crippen MR) is 93.3 cm³/mol. The smallest absolute Gasteiger partial charge is 0.282 e. The molecule has 1 amide bonds. The second-order valence-electron chi connectivity index (χ2n) is 6.53. The van der Waals surface area contributed by atoms with Crippen LogP contribution in [0.5, 0.6) is 0 Å². The quantitative estimate of drug-likeness (QED) is 0.896. The number of nitrogens with two attached hydrogens (primary N) is 1. The van der Waals surface area contributed by atoms with E-state index in [1.54, 1.807) is 0 Å². The highest BCUT2D eigenvalue weighted by Crippen LogP contribution is 2.26. The second kappa shape index (κ2) is 6.97. The maximum atomic E-state index is 12.4. The molecule has 0 unspecified atom stereocenters. The highest BCUT2D eigenvalue weighted by Gasteiger charge is 2.27. The molecule has 23 heavy (non-hydrogen) atoms. The fourth-order valence-electron chi connectivity index (χ4n) is 3.32. The average molecular weight is 309 g/mol. The number of hydrogen-bond donors (Lipinski definition) is 2. The van der Waals surface area contributed by atoms with Gasteiger partial charge in [-0.15, -0.1) is 0 Å². The monoisotopic (exact) mass is 309 g/mol. The van der Waals surface area contributed by atoms with Crippen LogP contribution < -0.4 is 10.6 Å². The maximum Gasteiger partial charge on any atom is 0.282 e. The fraction of sp³-hybridized carbons (Fsp3) is 0.350. The summed E-state index contributed by atoms with van der Waals surface area (Å²) in [5.41, 5.74) is 4.89. The van der Waals surface area contributed by atoms with Gasteiger partial charge in [0.25, 0.3) is 5.91 Å². The van der Waals surface area contributed by atoms with Crippen LogP contribution in [0.2, 0.25) is 0 Å². The van der Waals surface area contributed by atoms with Gasteiger partial charge in [-0.05, 0) is 44.4 Å². The molecule has 2 aromatic rings. The molecule has 0 saturated heterocycles. The number of amides is 1. The fourth-order valence-corrected chi connectivity index (χ4v) is 3.32. The summed E-state index contributed by atoms with van der Waals surface area (Å²) in [6.07, 6.45) is 3.49. The molecular weight excluding hydrogens is 284 g/mol. The number of carbonyl (C=O) groups is 1. The van der Waals surface area contributed by atoms with Crippen LogP contribution in [0.15, 0.2) is 48.5 Å². The van der Waals surface area contributed by atoms with Gasteiger partial charge in [0.15, 0.2) is 6.04 Å². The molecule has 2 atom stereocenters. The zero-order chi connectivity index (χ0) is 16.2. The number of hydrogen-bond acceptors (Lipinski definition) is 1. The lowest BCUT2D eigenvalue weighted by Gasteiger charge is -2.26. The first kappa shape index (κ1) is 15.8. The molecule has 2 aromatic carbocycles. The lowest BCUT2D eigenvalue weighted by molar-refractivity contribution is -0.714. The van der Waals surface area contributed by atoms with E-state index in [-0.39, 0.29) is 11.9 Å². The lowest BCUT2D eigenvalue weighted by Crippen LogP contribution is -2.92. The first-order valence-electron chi connectivity index (χ1n) is 8.44. The van der Waals surface area contributed by atoms with Gasteiger partial charge in [0.05, 0.1) is 0 Å². The van der Waals surface area contributed by atoms with Gasteiger partial charge in [0.2, 0.25) is 0 Å². The number of nitrogens with one attached hydrogen (secondary N) is 1. The zero-order valence-corrected chi connectivity index (χ0v) is 13.9.